The summed E-state index contributed by atoms with van der Waals surface area (Å²) < 4.78 is 0. The van der Waals surface area contributed by atoms with Crippen molar-refractivity contribution in [3.05, 3.63) is 46.7 Å². The molecule has 1 aromatic carbocycles. The van der Waals surface area contributed by atoms with Crippen molar-refractivity contribution in [3.8, 4) is 0 Å². The van der Waals surface area contributed by atoms with E-state index >= 15 is 0 Å². The number of nitrogens with zero attached hydrogens (tertiary/aromatic N) is 3. The zero-order chi connectivity index (χ0) is 17.1. The van der Waals surface area contributed by atoms with Crippen molar-refractivity contribution in [1.29, 1.82) is 0 Å². The minimum Gasteiger partial charge on any atom is -0.481 e. The van der Waals surface area contributed by atoms with Crippen LogP contribution >= 0.6 is 11.6 Å². The fourth-order valence-electron chi connectivity index (χ4n) is 3.12. The summed E-state index contributed by atoms with van der Waals surface area (Å²) in [7, 11) is 0. The van der Waals surface area contributed by atoms with E-state index in [2.05, 4.69) is 15.4 Å². The van der Waals surface area contributed by atoms with Gasteiger partial charge in [0.1, 0.15) is 0 Å². The number of rotatable bonds is 5. The first-order chi connectivity index (χ1) is 11.5. The Morgan fingerprint density at radius 1 is 1.29 bits per heavy atom. The summed E-state index contributed by atoms with van der Waals surface area (Å²) in [5.74, 6) is -1.19. The molecule has 0 radical (unpaired) electrons. The zero-order valence-corrected chi connectivity index (χ0v) is 13.6. The van der Waals surface area contributed by atoms with Crippen LogP contribution in [0.3, 0.4) is 0 Å². The molecule has 0 spiro atoms. The second-order valence-corrected chi connectivity index (χ2v) is 6.40. The predicted octanol–water partition coefficient (Wildman–Crippen LogP) is 1.72. The Hall–Kier alpha value is -2.41. The highest BCUT2D eigenvalue weighted by atomic mass is 35.5. The van der Waals surface area contributed by atoms with Gasteiger partial charge in [-0.1, -0.05) is 23.7 Å². The van der Waals surface area contributed by atoms with Crippen LogP contribution in [0.1, 0.15) is 23.6 Å². The second kappa shape index (κ2) is 7.00. The molecule has 2 atom stereocenters. The molecule has 1 amide bonds. The van der Waals surface area contributed by atoms with Gasteiger partial charge in [0.05, 0.1) is 24.7 Å². The third kappa shape index (κ3) is 3.73. The Kier molecular flexibility index (Phi) is 4.80. The number of hydrogen-bond acceptors (Lipinski definition) is 4. The van der Waals surface area contributed by atoms with Crippen LogP contribution < -0.4 is 0 Å². The molecule has 24 heavy (non-hydrogen) atoms. The standard InChI is InChI=1S/C16H17ClN4O3/c17-12-3-1-10(2-4-12)5-15(22)21-8-11(6-16(23)24)13(9-21)14-7-18-20-19-14/h1-4,7,11,13H,5-6,8-9H2,(H,23,24)(H,18,19,20). The van der Waals surface area contributed by atoms with Crippen molar-refractivity contribution < 1.29 is 14.7 Å². The zero-order valence-electron chi connectivity index (χ0n) is 12.9. The SMILES string of the molecule is O=C(O)CC1CN(C(=O)Cc2ccc(Cl)cc2)CC1c1cn[nH]n1. The van der Waals surface area contributed by atoms with E-state index in [1.54, 1.807) is 23.2 Å². The van der Waals surface area contributed by atoms with E-state index in [9.17, 15) is 9.59 Å². The third-order valence-electron chi connectivity index (χ3n) is 4.31. The number of amides is 1. The average molecular weight is 349 g/mol. The van der Waals surface area contributed by atoms with Crippen molar-refractivity contribution in [3.63, 3.8) is 0 Å². The van der Waals surface area contributed by atoms with Gasteiger partial charge in [-0.25, -0.2) is 0 Å². The van der Waals surface area contributed by atoms with Gasteiger partial charge in [-0.2, -0.15) is 15.4 Å². The number of likely N-dealkylation sites (tertiary alicyclic amines) is 1. The van der Waals surface area contributed by atoms with Gasteiger partial charge in [-0.15, -0.1) is 0 Å². The van der Waals surface area contributed by atoms with Crippen molar-refractivity contribution in [2.24, 2.45) is 5.92 Å². The smallest absolute Gasteiger partial charge is 0.303 e. The lowest BCUT2D eigenvalue weighted by molar-refractivity contribution is -0.138. The van der Waals surface area contributed by atoms with E-state index in [1.165, 1.54) is 0 Å². The first kappa shape index (κ1) is 16.4. The van der Waals surface area contributed by atoms with E-state index in [4.69, 9.17) is 16.7 Å². The van der Waals surface area contributed by atoms with Gasteiger partial charge >= 0.3 is 5.97 Å². The molecule has 1 fully saturated rings. The highest BCUT2D eigenvalue weighted by molar-refractivity contribution is 6.30. The summed E-state index contributed by atoms with van der Waals surface area (Å²) in [6.07, 6.45) is 1.86. The van der Waals surface area contributed by atoms with E-state index in [0.717, 1.165) is 5.56 Å². The average Bonchev–Trinajstić information content (AvgIpc) is 3.18. The minimum absolute atomic E-state index is 0.00223. The highest BCUT2D eigenvalue weighted by Crippen LogP contribution is 2.33. The second-order valence-electron chi connectivity index (χ2n) is 5.96. The van der Waals surface area contributed by atoms with Crippen LogP contribution in [0, 0.1) is 5.92 Å². The van der Waals surface area contributed by atoms with Crippen LogP contribution in [0.2, 0.25) is 5.02 Å². The normalized spacial score (nSPS) is 20.3. The number of halogens is 1. The molecule has 0 aliphatic carbocycles. The monoisotopic (exact) mass is 348 g/mol. The predicted molar refractivity (Wildman–Crippen MR) is 86.6 cm³/mol. The molecule has 2 unspecified atom stereocenters. The number of benzene rings is 1. The van der Waals surface area contributed by atoms with Crippen molar-refractivity contribution >= 4 is 23.5 Å². The molecule has 2 N–H and O–H groups in total. The number of nitrogens with one attached hydrogen (secondary N) is 1. The van der Waals surface area contributed by atoms with Crippen LogP contribution in [0.15, 0.2) is 30.5 Å². The molecule has 1 aliphatic rings. The maximum absolute atomic E-state index is 12.5. The highest BCUT2D eigenvalue weighted by Gasteiger charge is 2.38. The first-order valence-electron chi connectivity index (χ1n) is 7.62. The summed E-state index contributed by atoms with van der Waals surface area (Å²) in [6.45, 7) is 0.868. The molecule has 0 saturated carbocycles. The van der Waals surface area contributed by atoms with Gasteiger partial charge in [0.25, 0.3) is 0 Å². The van der Waals surface area contributed by atoms with Crippen molar-refractivity contribution in [1.82, 2.24) is 20.3 Å². The van der Waals surface area contributed by atoms with Crippen LogP contribution in [-0.4, -0.2) is 50.4 Å². The summed E-state index contributed by atoms with van der Waals surface area (Å²) in [5, 5.41) is 20.1. The Morgan fingerprint density at radius 3 is 2.67 bits per heavy atom. The number of carboxylic acid groups (broad SMARTS) is 1. The number of aliphatic carboxylic acids is 1. The molecular formula is C16H17ClN4O3. The van der Waals surface area contributed by atoms with E-state index in [1.807, 2.05) is 12.1 Å². The molecule has 1 saturated heterocycles. The van der Waals surface area contributed by atoms with Crippen molar-refractivity contribution in [2.45, 2.75) is 18.8 Å². The Balaban J connectivity index is 1.70. The number of hydrogen-bond donors (Lipinski definition) is 2. The Labute approximate surface area is 143 Å². The van der Waals surface area contributed by atoms with E-state index in [0.29, 0.717) is 23.8 Å². The number of aromatic nitrogens is 3. The topological polar surface area (TPSA) is 99.2 Å². The molecule has 2 aromatic rings. The number of carboxylic acids is 1. The fourth-order valence-corrected chi connectivity index (χ4v) is 3.24. The Bertz CT molecular complexity index is 717. The van der Waals surface area contributed by atoms with Crippen molar-refractivity contribution in [2.75, 3.05) is 13.1 Å². The molecule has 3 rings (SSSR count). The number of carbonyl (C=O) groups excluding carboxylic acids is 1. The first-order valence-corrected chi connectivity index (χ1v) is 8.00. The van der Waals surface area contributed by atoms with Crippen LogP contribution in [0.5, 0.6) is 0 Å². The minimum atomic E-state index is -0.875. The maximum Gasteiger partial charge on any atom is 0.303 e. The summed E-state index contributed by atoms with van der Waals surface area (Å²) in [6, 6.07) is 7.14. The molecule has 7 nitrogen and oxygen atoms in total. The largest absolute Gasteiger partial charge is 0.481 e. The maximum atomic E-state index is 12.5. The molecule has 0 bridgehead atoms. The van der Waals surface area contributed by atoms with Gasteiger partial charge in [-0.3, -0.25) is 9.59 Å². The molecule has 8 heteroatoms. The number of carbonyl (C=O) groups is 2. The number of aromatic amines is 1. The van der Waals surface area contributed by atoms with Gasteiger partial charge in [0.2, 0.25) is 5.91 Å². The van der Waals surface area contributed by atoms with E-state index in [-0.39, 0.29) is 30.6 Å². The molecule has 126 valence electrons. The quantitative estimate of drug-likeness (QED) is 0.857. The molecule has 1 aromatic heterocycles. The van der Waals surface area contributed by atoms with Gasteiger partial charge in [0, 0.05) is 24.0 Å². The summed E-state index contributed by atoms with van der Waals surface area (Å²) in [5.41, 5.74) is 1.58. The third-order valence-corrected chi connectivity index (χ3v) is 4.56. The Morgan fingerprint density at radius 2 is 2.04 bits per heavy atom. The van der Waals surface area contributed by atoms with E-state index < -0.39 is 5.97 Å². The summed E-state index contributed by atoms with van der Waals surface area (Å²) >= 11 is 5.85. The molecule has 2 heterocycles. The van der Waals surface area contributed by atoms with Gasteiger partial charge < -0.3 is 10.0 Å². The lowest BCUT2D eigenvalue weighted by Crippen LogP contribution is -2.30. The van der Waals surface area contributed by atoms with Crippen LogP contribution in [0.25, 0.3) is 0 Å². The van der Waals surface area contributed by atoms with Gasteiger partial charge in [0.15, 0.2) is 0 Å². The molecular weight excluding hydrogens is 332 g/mol. The molecule has 1 aliphatic heterocycles. The van der Waals surface area contributed by atoms with Gasteiger partial charge in [-0.05, 0) is 23.6 Å². The fraction of sp³-hybridized carbons (Fsp3) is 0.375. The summed E-state index contributed by atoms with van der Waals surface area (Å²) in [4.78, 5) is 25.4. The van der Waals surface area contributed by atoms with Crippen LogP contribution in [-0.2, 0) is 16.0 Å². The van der Waals surface area contributed by atoms with Crippen LogP contribution in [0.4, 0.5) is 0 Å². The lowest BCUT2D eigenvalue weighted by Gasteiger charge is -2.16. The lowest BCUT2D eigenvalue weighted by atomic mass is 9.91. The number of H-pyrrole nitrogens is 1.